The Morgan fingerprint density at radius 1 is 1.37 bits per heavy atom. The third kappa shape index (κ3) is 2.47. The molecule has 96 valence electrons. The summed E-state index contributed by atoms with van der Waals surface area (Å²) in [7, 11) is 0. The predicted molar refractivity (Wildman–Crippen MR) is 73.8 cm³/mol. The lowest BCUT2D eigenvalue weighted by Crippen LogP contribution is -2.28. The lowest BCUT2D eigenvalue weighted by molar-refractivity contribution is 0.112. The topological polar surface area (TPSA) is 40.5 Å². The number of hydrogen-bond acceptors (Lipinski definition) is 3. The van der Waals surface area contributed by atoms with Crippen LogP contribution in [0.15, 0.2) is 12.1 Å². The highest BCUT2D eigenvalue weighted by Gasteiger charge is 2.28. The molecule has 19 heavy (non-hydrogen) atoms. The number of carbonyl (C=O) groups is 1. The maximum absolute atomic E-state index is 10.8. The Hall–Kier alpha value is -2.23. The second-order valence-corrected chi connectivity index (χ2v) is 4.60. The second-order valence-electron chi connectivity index (χ2n) is 4.60. The van der Waals surface area contributed by atoms with Crippen LogP contribution < -0.4 is 0 Å². The van der Waals surface area contributed by atoms with Crippen LogP contribution in [0.4, 0.5) is 0 Å². The van der Waals surface area contributed by atoms with E-state index < -0.39 is 0 Å². The fourth-order valence-corrected chi connectivity index (χ4v) is 2.63. The molecule has 0 saturated carbocycles. The molecule has 0 amide bonds. The summed E-state index contributed by atoms with van der Waals surface area (Å²) in [5.74, 6) is 5.23. The number of phenolic OH excluding ortho intramolecular Hbond substituents is 1. The van der Waals surface area contributed by atoms with Crippen molar-refractivity contribution in [3.8, 4) is 30.4 Å². The van der Waals surface area contributed by atoms with Crippen LogP contribution in [0.2, 0.25) is 0 Å². The van der Waals surface area contributed by atoms with E-state index in [0.717, 1.165) is 24.0 Å². The quantitative estimate of drug-likeness (QED) is 0.656. The largest absolute Gasteiger partial charge is 0.507 e. The van der Waals surface area contributed by atoms with Crippen molar-refractivity contribution in [2.45, 2.75) is 18.9 Å². The van der Waals surface area contributed by atoms with E-state index in [1.807, 2.05) is 4.90 Å². The highest BCUT2D eigenvalue weighted by Crippen LogP contribution is 2.38. The average molecular weight is 253 g/mol. The summed E-state index contributed by atoms with van der Waals surface area (Å²) >= 11 is 0. The van der Waals surface area contributed by atoms with Gasteiger partial charge in [0.05, 0.1) is 18.7 Å². The van der Waals surface area contributed by atoms with E-state index >= 15 is 0 Å². The maximum atomic E-state index is 10.8. The number of hydrogen-bond donors (Lipinski definition) is 1. The van der Waals surface area contributed by atoms with Crippen molar-refractivity contribution in [3.63, 3.8) is 0 Å². The number of phenols is 1. The van der Waals surface area contributed by atoms with Crippen LogP contribution in [0.5, 0.6) is 5.75 Å². The van der Waals surface area contributed by atoms with Crippen LogP contribution in [-0.2, 0) is 6.42 Å². The van der Waals surface area contributed by atoms with Gasteiger partial charge in [0, 0.05) is 6.04 Å². The SMILES string of the molecule is C#CCN(CC#C)[C@@H]1CCc2cc(C=O)c(O)cc21. The predicted octanol–water partition coefficient (Wildman–Crippen LogP) is 1.76. The van der Waals surface area contributed by atoms with Crippen molar-refractivity contribution in [1.82, 2.24) is 4.90 Å². The van der Waals surface area contributed by atoms with Crippen LogP contribution in [0, 0.1) is 24.7 Å². The van der Waals surface area contributed by atoms with Gasteiger partial charge in [0.25, 0.3) is 0 Å². The molecule has 1 aromatic carbocycles. The molecule has 3 nitrogen and oxygen atoms in total. The smallest absolute Gasteiger partial charge is 0.153 e. The molecule has 1 aliphatic rings. The third-order valence-electron chi connectivity index (χ3n) is 3.49. The fraction of sp³-hybridized carbons (Fsp3) is 0.312. The Labute approximate surface area is 113 Å². The molecule has 3 heteroatoms. The van der Waals surface area contributed by atoms with Gasteiger partial charge in [-0.1, -0.05) is 11.8 Å². The number of benzene rings is 1. The van der Waals surface area contributed by atoms with Gasteiger partial charge in [0.15, 0.2) is 6.29 Å². The molecule has 0 unspecified atom stereocenters. The highest BCUT2D eigenvalue weighted by molar-refractivity contribution is 5.80. The summed E-state index contributed by atoms with van der Waals surface area (Å²) in [5.41, 5.74) is 2.44. The van der Waals surface area contributed by atoms with Gasteiger partial charge in [-0.15, -0.1) is 12.8 Å². The number of rotatable bonds is 4. The van der Waals surface area contributed by atoms with Gasteiger partial charge in [0.1, 0.15) is 5.75 Å². The molecule has 0 saturated heterocycles. The lowest BCUT2D eigenvalue weighted by atomic mass is 10.0. The molecule has 1 N–H and O–H groups in total. The minimum absolute atomic E-state index is 0.0158. The third-order valence-corrected chi connectivity index (χ3v) is 3.49. The van der Waals surface area contributed by atoms with Gasteiger partial charge >= 0.3 is 0 Å². The van der Waals surface area contributed by atoms with Crippen molar-refractivity contribution in [3.05, 3.63) is 28.8 Å². The number of aromatic hydroxyl groups is 1. The first-order valence-electron chi connectivity index (χ1n) is 6.13. The van der Waals surface area contributed by atoms with E-state index in [1.54, 1.807) is 12.1 Å². The monoisotopic (exact) mass is 253 g/mol. The van der Waals surface area contributed by atoms with Gasteiger partial charge in [-0.25, -0.2) is 0 Å². The van der Waals surface area contributed by atoms with Crippen LogP contribution in [0.25, 0.3) is 0 Å². The Morgan fingerprint density at radius 3 is 2.63 bits per heavy atom. The molecule has 0 heterocycles. The van der Waals surface area contributed by atoms with Crippen LogP contribution >= 0.6 is 0 Å². The molecule has 0 spiro atoms. The van der Waals surface area contributed by atoms with E-state index in [4.69, 9.17) is 12.8 Å². The summed E-state index contributed by atoms with van der Waals surface area (Å²) in [6.07, 6.45) is 13.2. The molecule has 0 fully saturated rings. The molecule has 1 atom stereocenters. The molecule has 1 aliphatic carbocycles. The van der Waals surface area contributed by atoms with Gasteiger partial charge in [-0.2, -0.15) is 0 Å². The molecule has 1 aromatic rings. The number of fused-ring (bicyclic) bond motifs is 1. The Bertz CT molecular complexity index is 562. The molecule has 2 rings (SSSR count). The first-order valence-corrected chi connectivity index (χ1v) is 6.13. The van der Waals surface area contributed by atoms with Crippen LogP contribution in [0.1, 0.15) is 33.9 Å². The number of aldehydes is 1. The van der Waals surface area contributed by atoms with E-state index in [2.05, 4.69) is 11.8 Å². The molecule has 0 bridgehead atoms. The van der Waals surface area contributed by atoms with E-state index in [1.165, 1.54) is 0 Å². The fourth-order valence-electron chi connectivity index (χ4n) is 2.63. The Morgan fingerprint density at radius 2 is 2.05 bits per heavy atom. The van der Waals surface area contributed by atoms with Crippen molar-refractivity contribution in [1.29, 1.82) is 0 Å². The van der Waals surface area contributed by atoms with Crippen molar-refractivity contribution < 1.29 is 9.90 Å². The summed E-state index contributed by atoms with van der Waals surface area (Å²) in [5, 5.41) is 9.80. The lowest BCUT2D eigenvalue weighted by Gasteiger charge is -2.25. The first-order chi connectivity index (χ1) is 9.21. The average Bonchev–Trinajstić information content (AvgIpc) is 2.80. The highest BCUT2D eigenvalue weighted by atomic mass is 16.3. The minimum atomic E-state index is 0.0158. The second kappa shape index (κ2) is 5.61. The summed E-state index contributed by atoms with van der Waals surface area (Å²) in [6.45, 7) is 0.953. The molecular weight excluding hydrogens is 238 g/mol. The van der Waals surface area contributed by atoms with Crippen LogP contribution in [0.3, 0.4) is 0 Å². The van der Waals surface area contributed by atoms with E-state index in [9.17, 15) is 9.90 Å². The molecule has 0 aromatic heterocycles. The molecule has 0 aliphatic heterocycles. The van der Waals surface area contributed by atoms with Crippen LogP contribution in [-0.4, -0.2) is 29.4 Å². The number of terminal acetylenes is 2. The number of nitrogens with zero attached hydrogens (tertiary/aromatic N) is 1. The van der Waals surface area contributed by atoms with Gasteiger partial charge < -0.3 is 5.11 Å². The van der Waals surface area contributed by atoms with Gasteiger partial charge in [0.2, 0.25) is 0 Å². The number of aryl methyl sites for hydroxylation is 1. The molecule has 0 radical (unpaired) electrons. The van der Waals surface area contributed by atoms with Gasteiger partial charge in [-0.05, 0) is 36.1 Å². The Kier molecular flexibility index (Phi) is 3.90. The first kappa shape index (κ1) is 13.2. The van der Waals surface area contributed by atoms with E-state index in [0.29, 0.717) is 24.9 Å². The van der Waals surface area contributed by atoms with Crippen molar-refractivity contribution in [2.75, 3.05) is 13.1 Å². The summed E-state index contributed by atoms with van der Waals surface area (Å²) < 4.78 is 0. The standard InChI is InChI=1S/C16H15NO2/c1-3-7-17(8-4-2)15-6-5-12-9-13(11-18)16(19)10-14(12)15/h1-2,9-11,15,19H,5-8H2/t15-/m1/s1. The maximum Gasteiger partial charge on any atom is 0.153 e. The van der Waals surface area contributed by atoms with Crippen molar-refractivity contribution in [2.24, 2.45) is 0 Å². The summed E-state index contributed by atoms with van der Waals surface area (Å²) in [6, 6.07) is 3.53. The van der Waals surface area contributed by atoms with Gasteiger partial charge in [-0.3, -0.25) is 9.69 Å². The summed E-state index contributed by atoms with van der Waals surface area (Å²) in [4.78, 5) is 12.9. The number of carbonyl (C=O) groups excluding carboxylic acids is 1. The zero-order valence-corrected chi connectivity index (χ0v) is 10.6. The molecular formula is C16H15NO2. The minimum Gasteiger partial charge on any atom is -0.507 e. The van der Waals surface area contributed by atoms with Crippen molar-refractivity contribution >= 4 is 6.29 Å². The zero-order chi connectivity index (χ0) is 13.8. The van der Waals surface area contributed by atoms with E-state index in [-0.39, 0.29) is 11.8 Å². The zero-order valence-electron chi connectivity index (χ0n) is 10.6. The normalized spacial score (nSPS) is 16.7. The Balaban J connectivity index is 2.36.